The Morgan fingerprint density at radius 1 is 1.47 bits per heavy atom. The Labute approximate surface area is 115 Å². The highest BCUT2D eigenvalue weighted by Crippen LogP contribution is 2.62. The van der Waals surface area contributed by atoms with Crippen molar-refractivity contribution in [2.75, 3.05) is 13.7 Å². The van der Waals surface area contributed by atoms with Crippen LogP contribution in [0.3, 0.4) is 0 Å². The van der Waals surface area contributed by atoms with Crippen LogP contribution in [0, 0.1) is 23.2 Å². The van der Waals surface area contributed by atoms with Gasteiger partial charge in [-0.15, -0.1) is 0 Å². The molecule has 0 radical (unpaired) electrons. The average Bonchev–Trinajstić information content (AvgIpc) is 2.90. The summed E-state index contributed by atoms with van der Waals surface area (Å²) >= 11 is 0. The first-order chi connectivity index (χ1) is 8.94. The molecule has 3 fully saturated rings. The van der Waals surface area contributed by atoms with Gasteiger partial charge in [-0.2, -0.15) is 0 Å². The van der Waals surface area contributed by atoms with Crippen LogP contribution < -0.4 is 0 Å². The van der Waals surface area contributed by atoms with E-state index in [0.29, 0.717) is 30.0 Å². The second-order valence-electron chi connectivity index (χ2n) is 6.78. The molecule has 2 aliphatic carbocycles. The van der Waals surface area contributed by atoms with Crippen LogP contribution in [0.5, 0.6) is 0 Å². The number of rotatable bonds is 2. The van der Waals surface area contributed by atoms with Crippen LogP contribution >= 0.6 is 0 Å². The number of hydrogen-bond acceptors (Lipinski definition) is 3. The fraction of sp³-hybridized carbons (Fsp3) is 0.812. The van der Waals surface area contributed by atoms with E-state index in [9.17, 15) is 4.79 Å². The summed E-state index contributed by atoms with van der Waals surface area (Å²) in [6.07, 6.45) is 3.39. The molecule has 2 saturated carbocycles. The zero-order chi connectivity index (χ0) is 13.8. The number of carbonyl (C=O) groups excluding carboxylic acids is 1. The van der Waals surface area contributed by atoms with Gasteiger partial charge in [-0.1, -0.05) is 19.1 Å². The van der Waals surface area contributed by atoms with Gasteiger partial charge in [0.1, 0.15) is 5.78 Å². The van der Waals surface area contributed by atoms with Crippen molar-refractivity contribution < 1.29 is 14.3 Å². The Bertz CT molecular complexity index is 430. The minimum atomic E-state index is -0.442. The number of carbonyl (C=O) groups is 1. The van der Waals surface area contributed by atoms with E-state index in [1.54, 1.807) is 7.11 Å². The lowest BCUT2D eigenvalue weighted by Gasteiger charge is -2.49. The number of ketones is 1. The zero-order valence-electron chi connectivity index (χ0n) is 12.2. The van der Waals surface area contributed by atoms with Gasteiger partial charge >= 0.3 is 0 Å². The van der Waals surface area contributed by atoms with Gasteiger partial charge < -0.3 is 9.47 Å². The van der Waals surface area contributed by atoms with Crippen LogP contribution in [0.15, 0.2) is 12.2 Å². The van der Waals surface area contributed by atoms with Crippen LogP contribution in [0.1, 0.15) is 39.5 Å². The van der Waals surface area contributed by atoms with E-state index in [-0.39, 0.29) is 5.41 Å². The summed E-state index contributed by atoms with van der Waals surface area (Å²) in [6, 6.07) is 0. The predicted octanol–water partition coefficient (Wildman–Crippen LogP) is 2.95. The molecule has 0 aromatic heterocycles. The molecule has 3 aliphatic rings. The smallest absolute Gasteiger partial charge is 0.171 e. The number of hydrogen-bond donors (Lipinski definition) is 0. The van der Waals surface area contributed by atoms with Crippen molar-refractivity contribution in [2.24, 2.45) is 23.2 Å². The molecule has 0 unspecified atom stereocenters. The topological polar surface area (TPSA) is 35.5 Å². The fourth-order valence-electron chi connectivity index (χ4n) is 4.84. The lowest BCUT2D eigenvalue weighted by Crippen LogP contribution is -2.52. The molecule has 3 heteroatoms. The molecule has 3 nitrogen and oxygen atoms in total. The third-order valence-corrected chi connectivity index (χ3v) is 5.96. The number of Topliss-reactive ketones (excluding diaryl/α,β-unsaturated/α-hetero) is 1. The van der Waals surface area contributed by atoms with Crippen molar-refractivity contribution in [2.45, 2.75) is 45.3 Å². The second-order valence-corrected chi connectivity index (χ2v) is 6.78. The van der Waals surface area contributed by atoms with Crippen LogP contribution in [0.2, 0.25) is 0 Å². The number of methoxy groups -OCH3 is 1. The first-order valence-electron chi connectivity index (χ1n) is 7.32. The molecule has 0 amide bonds. The molecule has 19 heavy (non-hydrogen) atoms. The van der Waals surface area contributed by atoms with Gasteiger partial charge in [-0.05, 0) is 31.6 Å². The molecule has 0 aromatic rings. The molecule has 0 aromatic carbocycles. The van der Waals surface area contributed by atoms with Gasteiger partial charge in [-0.3, -0.25) is 4.79 Å². The molecule has 106 valence electrons. The van der Waals surface area contributed by atoms with Crippen molar-refractivity contribution in [1.29, 1.82) is 0 Å². The molecule has 0 N–H and O–H groups in total. The third-order valence-electron chi connectivity index (χ3n) is 5.96. The standard InChI is InChI=1S/C16H24O3/c1-10(2)11-9-13(17)15(3)6-7-16(18-4)12(14(11)15)5-8-19-16/h11-12,14H,1,5-9H2,2-4H3/t11-,12-,14-,15+,16+/m1/s1. The monoisotopic (exact) mass is 264 g/mol. The van der Waals surface area contributed by atoms with E-state index in [1.165, 1.54) is 0 Å². The van der Waals surface area contributed by atoms with Crippen molar-refractivity contribution in [3.05, 3.63) is 12.2 Å². The van der Waals surface area contributed by atoms with E-state index in [0.717, 1.165) is 31.4 Å². The van der Waals surface area contributed by atoms with Crippen LogP contribution in [0.25, 0.3) is 0 Å². The van der Waals surface area contributed by atoms with Gasteiger partial charge in [-0.25, -0.2) is 0 Å². The molecule has 1 heterocycles. The van der Waals surface area contributed by atoms with Crippen LogP contribution in [0.4, 0.5) is 0 Å². The molecular formula is C16H24O3. The highest BCUT2D eigenvalue weighted by atomic mass is 16.7. The van der Waals surface area contributed by atoms with Crippen LogP contribution in [-0.4, -0.2) is 25.3 Å². The molecule has 5 atom stereocenters. The summed E-state index contributed by atoms with van der Waals surface area (Å²) < 4.78 is 11.7. The minimum Gasteiger partial charge on any atom is -0.353 e. The van der Waals surface area contributed by atoms with Gasteiger partial charge in [0.2, 0.25) is 0 Å². The van der Waals surface area contributed by atoms with Crippen molar-refractivity contribution in [3.63, 3.8) is 0 Å². The van der Waals surface area contributed by atoms with E-state index < -0.39 is 5.79 Å². The molecule has 0 bridgehead atoms. The lowest BCUT2D eigenvalue weighted by molar-refractivity contribution is -0.252. The maximum Gasteiger partial charge on any atom is 0.171 e. The number of fused-ring (bicyclic) bond motifs is 3. The quantitative estimate of drug-likeness (QED) is 0.719. The Hall–Kier alpha value is -0.670. The van der Waals surface area contributed by atoms with E-state index in [4.69, 9.17) is 9.47 Å². The van der Waals surface area contributed by atoms with E-state index in [2.05, 4.69) is 20.4 Å². The summed E-state index contributed by atoms with van der Waals surface area (Å²) in [4.78, 5) is 12.5. The first-order valence-corrected chi connectivity index (χ1v) is 7.32. The largest absolute Gasteiger partial charge is 0.353 e. The molecule has 1 saturated heterocycles. The molecule has 0 spiro atoms. The zero-order valence-corrected chi connectivity index (χ0v) is 12.2. The molecule has 1 aliphatic heterocycles. The summed E-state index contributed by atoms with van der Waals surface area (Å²) in [7, 11) is 1.74. The normalized spacial score (nSPS) is 49.0. The first kappa shape index (κ1) is 13.3. The van der Waals surface area contributed by atoms with Crippen molar-refractivity contribution >= 4 is 5.78 Å². The van der Waals surface area contributed by atoms with Gasteiger partial charge in [0.15, 0.2) is 5.79 Å². The Morgan fingerprint density at radius 3 is 2.84 bits per heavy atom. The summed E-state index contributed by atoms with van der Waals surface area (Å²) in [6.45, 7) is 9.09. The summed E-state index contributed by atoms with van der Waals surface area (Å²) in [5, 5.41) is 0. The number of allylic oxidation sites excluding steroid dienone is 1. The second kappa shape index (κ2) is 4.16. The maximum atomic E-state index is 12.5. The van der Waals surface area contributed by atoms with E-state index in [1.807, 2.05) is 0 Å². The van der Waals surface area contributed by atoms with E-state index >= 15 is 0 Å². The van der Waals surface area contributed by atoms with Gasteiger partial charge in [0.05, 0.1) is 6.61 Å². The Morgan fingerprint density at radius 2 is 2.21 bits per heavy atom. The summed E-state index contributed by atoms with van der Waals surface area (Å²) in [5.41, 5.74) is 0.949. The maximum absolute atomic E-state index is 12.5. The number of ether oxygens (including phenoxy) is 2. The van der Waals surface area contributed by atoms with Crippen molar-refractivity contribution in [3.8, 4) is 0 Å². The Kier molecular flexibility index (Phi) is 2.92. The predicted molar refractivity (Wildman–Crippen MR) is 72.6 cm³/mol. The molecular weight excluding hydrogens is 240 g/mol. The lowest BCUT2D eigenvalue weighted by atomic mass is 9.59. The summed E-state index contributed by atoms with van der Waals surface area (Å²) in [5.74, 6) is 0.960. The SMILES string of the molecule is C=C(C)[C@H]1CC(=O)[C@]2(C)CC[C@]3(OC)OCC[C@@H]3[C@@H]12. The van der Waals surface area contributed by atoms with Crippen molar-refractivity contribution in [1.82, 2.24) is 0 Å². The average molecular weight is 264 g/mol. The van der Waals surface area contributed by atoms with Gasteiger partial charge in [0, 0.05) is 31.3 Å². The van der Waals surface area contributed by atoms with Gasteiger partial charge in [0.25, 0.3) is 0 Å². The third kappa shape index (κ3) is 1.61. The highest BCUT2D eigenvalue weighted by Gasteiger charge is 2.64. The van der Waals surface area contributed by atoms with Crippen LogP contribution in [-0.2, 0) is 14.3 Å². The minimum absolute atomic E-state index is 0.190. The Balaban J connectivity index is 2.03. The molecule has 3 rings (SSSR count). The highest BCUT2D eigenvalue weighted by molar-refractivity contribution is 5.88. The fourth-order valence-corrected chi connectivity index (χ4v) is 4.84.